The van der Waals surface area contributed by atoms with Gasteiger partial charge in [-0.15, -0.1) is 0 Å². The monoisotopic (exact) mass is 450 g/mol. The van der Waals surface area contributed by atoms with E-state index in [1.165, 1.54) is 18.1 Å². The van der Waals surface area contributed by atoms with Gasteiger partial charge in [0.2, 0.25) is 5.88 Å². The molecule has 3 heterocycles. The molecule has 33 heavy (non-hydrogen) atoms. The quantitative estimate of drug-likeness (QED) is 0.454. The number of aromatic nitrogens is 3. The smallest absolute Gasteiger partial charge is 0.224 e. The van der Waals surface area contributed by atoms with Crippen LogP contribution in [0.4, 0.5) is 26.0 Å². The maximum absolute atomic E-state index is 14.8. The molecule has 0 unspecified atom stereocenters. The third-order valence-corrected chi connectivity index (χ3v) is 5.77. The fourth-order valence-electron chi connectivity index (χ4n) is 3.95. The molecular formula is C24H24F2N6O. The molecule has 0 aliphatic carbocycles. The van der Waals surface area contributed by atoms with E-state index < -0.39 is 11.6 Å². The van der Waals surface area contributed by atoms with E-state index >= 15 is 0 Å². The Labute approximate surface area is 190 Å². The van der Waals surface area contributed by atoms with Crippen molar-refractivity contribution in [3.63, 3.8) is 0 Å². The van der Waals surface area contributed by atoms with Crippen molar-refractivity contribution in [2.24, 2.45) is 0 Å². The molecule has 0 spiro atoms. The van der Waals surface area contributed by atoms with Crippen LogP contribution in [0.25, 0.3) is 10.9 Å². The maximum Gasteiger partial charge on any atom is 0.224 e. The predicted octanol–water partition coefficient (Wildman–Crippen LogP) is 4.83. The number of nitrogens with one attached hydrogen (secondary N) is 2. The van der Waals surface area contributed by atoms with Crippen molar-refractivity contribution in [1.29, 1.82) is 0 Å². The molecule has 5 rings (SSSR count). The molecule has 1 aliphatic rings. The zero-order valence-electron chi connectivity index (χ0n) is 18.4. The fourth-order valence-corrected chi connectivity index (χ4v) is 3.95. The second-order valence-corrected chi connectivity index (χ2v) is 8.22. The first kappa shape index (κ1) is 21.1. The van der Waals surface area contributed by atoms with Gasteiger partial charge in [-0.1, -0.05) is 0 Å². The van der Waals surface area contributed by atoms with Gasteiger partial charge in [0, 0.05) is 60.8 Å². The Balaban J connectivity index is 1.31. The number of hydrogen-bond donors (Lipinski definition) is 2. The van der Waals surface area contributed by atoms with Crippen LogP contribution < -0.4 is 15.0 Å². The lowest BCUT2D eigenvalue weighted by Gasteiger charge is -2.34. The number of aromatic amines is 1. The number of nitrogens with zero attached hydrogens (tertiary/aromatic N) is 4. The van der Waals surface area contributed by atoms with Gasteiger partial charge in [-0.2, -0.15) is 0 Å². The molecule has 0 atom stereocenters. The molecule has 2 aromatic carbocycles. The number of aryl methyl sites for hydroxylation is 1. The van der Waals surface area contributed by atoms with Gasteiger partial charge in [-0.05, 0) is 44.3 Å². The Morgan fingerprint density at radius 3 is 2.52 bits per heavy atom. The topological polar surface area (TPSA) is 69.3 Å². The molecule has 0 saturated carbocycles. The van der Waals surface area contributed by atoms with Crippen molar-refractivity contribution in [2.45, 2.75) is 6.92 Å². The van der Waals surface area contributed by atoms with Crippen LogP contribution in [0.15, 0.2) is 48.8 Å². The molecule has 1 fully saturated rings. The second-order valence-electron chi connectivity index (χ2n) is 8.22. The average molecular weight is 450 g/mol. The molecule has 2 aromatic heterocycles. The molecule has 2 N–H and O–H groups in total. The van der Waals surface area contributed by atoms with E-state index in [9.17, 15) is 8.78 Å². The van der Waals surface area contributed by atoms with Crippen molar-refractivity contribution in [3.05, 3.63) is 66.1 Å². The van der Waals surface area contributed by atoms with Gasteiger partial charge in [-0.25, -0.2) is 18.7 Å². The molecule has 0 bridgehead atoms. The highest BCUT2D eigenvalue weighted by molar-refractivity contribution is 5.83. The Bertz CT molecular complexity index is 1280. The van der Waals surface area contributed by atoms with Gasteiger partial charge in [-0.3, -0.25) is 0 Å². The molecule has 0 radical (unpaired) electrons. The van der Waals surface area contributed by atoms with Crippen LogP contribution in [0.2, 0.25) is 0 Å². The van der Waals surface area contributed by atoms with E-state index in [0.717, 1.165) is 37.9 Å². The molecule has 1 saturated heterocycles. The molecule has 7 nitrogen and oxygen atoms in total. The van der Waals surface area contributed by atoms with E-state index in [0.29, 0.717) is 11.5 Å². The number of piperazine rings is 1. The Hall–Kier alpha value is -3.72. The number of ether oxygens (including phenoxy) is 1. The van der Waals surface area contributed by atoms with Gasteiger partial charge >= 0.3 is 0 Å². The van der Waals surface area contributed by atoms with Crippen molar-refractivity contribution < 1.29 is 13.5 Å². The van der Waals surface area contributed by atoms with Crippen LogP contribution in [0.5, 0.6) is 11.6 Å². The van der Waals surface area contributed by atoms with Crippen LogP contribution in [0, 0.1) is 18.6 Å². The van der Waals surface area contributed by atoms with Gasteiger partial charge in [0.1, 0.15) is 12.1 Å². The number of H-pyrrole nitrogens is 1. The zero-order valence-corrected chi connectivity index (χ0v) is 18.4. The molecular weight excluding hydrogens is 426 g/mol. The summed E-state index contributed by atoms with van der Waals surface area (Å²) in [7, 11) is 2.13. The summed E-state index contributed by atoms with van der Waals surface area (Å²) >= 11 is 0. The van der Waals surface area contributed by atoms with Gasteiger partial charge < -0.3 is 24.8 Å². The van der Waals surface area contributed by atoms with Crippen LogP contribution >= 0.6 is 0 Å². The lowest BCUT2D eigenvalue weighted by molar-refractivity contribution is 0.313. The van der Waals surface area contributed by atoms with Crippen LogP contribution in [0.1, 0.15) is 5.69 Å². The minimum absolute atomic E-state index is 0.103. The standard InChI is InChI=1S/C24H24F2N6O/c1-15-11-18-23(26)20(12-19(25)24(18)29-15)33-22-13-21(27-14-28-22)30-16-3-5-17(6-4-16)32-9-7-31(2)8-10-32/h3-6,11-14,29H,7-10H2,1-2H3,(H,27,28,30). The number of likely N-dealkylation sites (N-methyl/N-ethyl adjacent to an activating group) is 1. The molecule has 0 amide bonds. The molecule has 9 heteroatoms. The minimum atomic E-state index is -0.650. The summed E-state index contributed by atoms with van der Waals surface area (Å²) in [4.78, 5) is 15.7. The Morgan fingerprint density at radius 2 is 1.76 bits per heavy atom. The maximum atomic E-state index is 14.8. The summed E-state index contributed by atoms with van der Waals surface area (Å²) in [5.41, 5.74) is 2.79. The van der Waals surface area contributed by atoms with E-state index in [4.69, 9.17) is 4.74 Å². The first-order chi connectivity index (χ1) is 16.0. The van der Waals surface area contributed by atoms with E-state index in [1.54, 1.807) is 13.0 Å². The summed E-state index contributed by atoms with van der Waals surface area (Å²) in [6, 6.07) is 12.2. The predicted molar refractivity (Wildman–Crippen MR) is 124 cm³/mol. The lowest BCUT2D eigenvalue weighted by atomic mass is 10.2. The second kappa shape index (κ2) is 8.67. The van der Waals surface area contributed by atoms with E-state index in [-0.39, 0.29) is 22.5 Å². The lowest BCUT2D eigenvalue weighted by Crippen LogP contribution is -2.44. The number of halogens is 2. The van der Waals surface area contributed by atoms with E-state index in [2.05, 4.69) is 49.2 Å². The van der Waals surface area contributed by atoms with Crippen LogP contribution in [0.3, 0.4) is 0 Å². The van der Waals surface area contributed by atoms with Crippen LogP contribution in [-0.4, -0.2) is 53.1 Å². The number of hydrogen-bond acceptors (Lipinski definition) is 6. The summed E-state index contributed by atoms with van der Waals surface area (Å²) < 4.78 is 34.8. The Morgan fingerprint density at radius 1 is 1.00 bits per heavy atom. The number of fused-ring (bicyclic) bond motifs is 1. The number of rotatable bonds is 5. The number of anilines is 3. The highest BCUT2D eigenvalue weighted by Crippen LogP contribution is 2.32. The van der Waals surface area contributed by atoms with Crippen molar-refractivity contribution >= 4 is 28.1 Å². The summed E-state index contributed by atoms with van der Waals surface area (Å²) in [6.45, 7) is 5.83. The van der Waals surface area contributed by atoms with Gasteiger partial charge in [0.15, 0.2) is 17.4 Å². The highest BCUT2D eigenvalue weighted by atomic mass is 19.1. The first-order valence-corrected chi connectivity index (χ1v) is 10.7. The van der Waals surface area contributed by atoms with Crippen LogP contribution in [-0.2, 0) is 0 Å². The zero-order chi connectivity index (χ0) is 22.9. The van der Waals surface area contributed by atoms with Gasteiger partial charge in [0.05, 0.1) is 5.52 Å². The first-order valence-electron chi connectivity index (χ1n) is 10.7. The molecule has 170 valence electrons. The third kappa shape index (κ3) is 4.45. The van der Waals surface area contributed by atoms with Crippen molar-refractivity contribution in [3.8, 4) is 11.6 Å². The normalized spacial score (nSPS) is 14.6. The Kier molecular flexibility index (Phi) is 5.55. The summed E-state index contributed by atoms with van der Waals surface area (Å²) in [5, 5.41) is 3.33. The molecule has 1 aliphatic heterocycles. The largest absolute Gasteiger partial charge is 0.436 e. The minimum Gasteiger partial charge on any atom is -0.436 e. The van der Waals surface area contributed by atoms with E-state index in [1.807, 2.05) is 12.1 Å². The third-order valence-electron chi connectivity index (χ3n) is 5.77. The molecule has 4 aromatic rings. The average Bonchev–Trinajstić information content (AvgIpc) is 3.21. The van der Waals surface area contributed by atoms with Crippen molar-refractivity contribution in [2.75, 3.05) is 43.4 Å². The summed E-state index contributed by atoms with van der Waals surface area (Å²) in [6.07, 6.45) is 1.31. The summed E-state index contributed by atoms with van der Waals surface area (Å²) in [5.74, 6) is -0.899. The van der Waals surface area contributed by atoms with Crippen molar-refractivity contribution in [1.82, 2.24) is 19.9 Å². The SMILES string of the molecule is Cc1cc2c(F)c(Oc3cc(Nc4ccc(N5CCN(C)CC5)cc4)ncn3)cc(F)c2[nH]1. The highest BCUT2D eigenvalue weighted by Gasteiger charge is 2.17. The fraction of sp³-hybridized carbons (Fsp3) is 0.250. The van der Waals surface area contributed by atoms with Gasteiger partial charge in [0.25, 0.3) is 0 Å². The number of benzene rings is 2.